The Morgan fingerprint density at radius 2 is 2.16 bits per heavy atom. The number of H-pyrrole nitrogens is 1. The molecule has 6 nitrogen and oxygen atoms in total. The third kappa shape index (κ3) is 2.98. The Labute approximate surface area is 148 Å². The molecule has 3 aromatic rings. The van der Waals surface area contributed by atoms with Crippen LogP contribution in [0.2, 0.25) is 0 Å². The summed E-state index contributed by atoms with van der Waals surface area (Å²) in [6, 6.07) is 11.4. The molecule has 0 atom stereocenters. The second-order valence-corrected chi connectivity index (χ2v) is 6.56. The number of hydrogen-bond donors (Lipinski definition) is 1. The normalized spacial score (nSPS) is 15.9. The van der Waals surface area contributed by atoms with Crippen LogP contribution in [0.1, 0.15) is 10.4 Å². The number of benzene rings is 1. The highest BCUT2D eigenvalue weighted by molar-refractivity contribution is 8.14. The van der Waals surface area contributed by atoms with Gasteiger partial charge in [-0.25, -0.2) is 4.98 Å². The number of ether oxygens (including phenoxy) is 1. The zero-order chi connectivity index (χ0) is 17.2. The molecule has 0 spiro atoms. The van der Waals surface area contributed by atoms with Gasteiger partial charge in [-0.3, -0.25) is 4.79 Å². The molecule has 0 unspecified atom stereocenters. The lowest BCUT2D eigenvalue weighted by molar-refractivity contribution is 0.100. The van der Waals surface area contributed by atoms with E-state index in [4.69, 9.17) is 4.74 Å². The van der Waals surface area contributed by atoms with Crippen molar-refractivity contribution in [1.82, 2.24) is 9.97 Å². The van der Waals surface area contributed by atoms with E-state index in [1.165, 1.54) is 0 Å². The number of thioether (sulfide) groups is 1. The lowest BCUT2D eigenvalue weighted by Gasteiger charge is -2.17. The molecular formula is C18H16N4O2S. The lowest BCUT2D eigenvalue weighted by atomic mass is 10.2. The number of amidine groups is 1. The monoisotopic (exact) mass is 352 g/mol. The molecule has 1 amide bonds. The molecule has 3 heterocycles. The second-order valence-electron chi connectivity index (χ2n) is 5.50. The molecule has 1 aliphatic rings. The number of aromatic nitrogens is 2. The molecule has 1 aromatic carbocycles. The number of hydrogen-bond acceptors (Lipinski definition) is 4. The van der Waals surface area contributed by atoms with Crippen molar-refractivity contribution in [2.75, 3.05) is 24.3 Å². The first-order valence-electron chi connectivity index (χ1n) is 7.86. The van der Waals surface area contributed by atoms with Crippen LogP contribution in [-0.2, 0) is 0 Å². The van der Waals surface area contributed by atoms with E-state index >= 15 is 0 Å². The number of nitrogens with zero attached hydrogens (tertiary/aromatic N) is 3. The lowest BCUT2D eigenvalue weighted by Crippen LogP contribution is -2.24. The summed E-state index contributed by atoms with van der Waals surface area (Å²) in [5.41, 5.74) is 2.23. The maximum atomic E-state index is 12.7. The molecule has 25 heavy (non-hydrogen) atoms. The van der Waals surface area contributed by atoms with Crippen molar-refractivity contribution >= 4 is 39.6 Å². The number of rotatable bonds is 3. The summed E-state index contributed by atoms with van der Waals surface area (Å²) in [5, 5.41) is 1.50. The number of carbonyl (C=O) groups is 1. The summed E-state index contributed by atoms with van der Waals surface area (Å²) >= 11 is 1.58. The first kappa shape index (κ1) is 15.7. The van der Waals surface area contributed by atoms with E-state index in [0.717, 1.165) is 29.1 Å². The van der Waals surface area contributed by atoms with E-state index in [2.05, 4.69) is 19.9 Å². The first-order chi connectivity index (χ1) is 12.3. The van der Waals surface area contributed by atoms with Crippen molar-refractivity contribution in [1.29, 1.82) is 0 Å². The van der Waals surface area contributed by atoms with E-state index in [0.29, 0.717) is 16.4 Å². The van der Waals surface area contributed by atoms with Crippen LogP contribution in [0.4, 0.5) is 5.69 Å². The van der Waals surface area contributed by atoms with Gasteiger partial charge in [-0.15, -0.1) is 0 Å². The van der Waals surface area contributed by atoms with E-state index in [-0.39, 0.29) is 5.91 Å². The SMILES string of the molecule is COc1ccc(N2CCS/C2=N\C(=O)c2c[nH]c3ncccc23)cc1. The number of aliphatic imine (C=N–C) groups is 1. The van der Waals surface area contributed by atoms with Crippen LogP contribution in [0.15, 0.2) is 53.8 Å². The molecule has 4 rings (SSSR count). The molecule has 7 heteroatoms. The van der Waals surface area contributed by atoms with Crippen molar-refractivity contribution in [3.63, 3.8) is 0 Å². The number of anilines is 1. The smallest absolute Gasteiger partial charge is 0.281 e. The molecule has 0 saturated carbocycles. The molecule has 1 saturated heterocycles. The predicted molar refractivity (Wildman–Crippen MR) is 101 cm³/mol. The number of pyridine rings is 1. The Hall–Kier alpha value is -2.80. The van der Waals surface area contributed by atoms with Gasteiger partial charge < -0.3 is 14.6 Å². The maximum Gasteiger partial charge on any atom is 0.281 e. The minimum Gasteiger partial charge on any atom is -0.497 e. The molecule has 0 bridgehead atoms. The fourth-order valence-corrected chi connectivity index (χ4v) is 3.73. The topological polar surface area (TPSA) is 70.6 Å². The largest absolute Gasteiger partial charge is 0.497 e. The molecule has 0 aliphatic carbocycles. The standard InChI is InChI=1S/C18H16N4O2S/c1-24-13-6-4-12(5-7-13)22-9-10-25-18(22)21-17(23)15-11-20-16-14(15)3-2-8-19-16/h2-8,11H,9-10H2,1H3,(H,19,20)/b21-18-. The average Bonchev–Trinajstić information content (AvgIpc) is 3.28. The molecule has 1 fully saturated rings. The van der Waals surface area contributed by atoms with E-state index in [1.54, 1.807) is 31.3 Å². The zero-order valence-corrected chi connectivity index (χ0v) is 14.4. The van der Waals surface area contributed by atoms with E-state index in [1.807, 2.05) is 36.4 Å². The molecular weight excluding hydrogens is 336 g/mol. The van der Waals surface area contributed by atoms with Gasteiger partial charge in [-0.2, -0.15) is 4.99 Å². The van der Waals surface area contributed by atoms with Crippen LogP contribution < -0.4 is 9.64 Å². The Bertz CT molecular complexity index is 949. The minimum atomic E-state index is -0.262. The van der Waals surface area contributed by atoms with Crippen molar-refractivity contribution in [2.24, 2.45) is 4.99 Å². The summed E-state index contributed by atoms with van der Waals surface area (Å²) in [5.74, 6) is 1.44. The van der Waals surface area contributed by atoms with Crippen LogP contribution in [0.5, 0.6) is 5.75 Å². The van der Waals surface area contributed by atoms with Gasteiger partial charge in [-0.1, -0.05) is 11.8 Å². The fourth-order valence-electron chi connectivity index (χ4n) is 2.78. The van der Waals surface area contributed by atoms with Gasteiger partial charge in [0.25, 0.3) is 5.91 Å². The van der Waals surface area contributed by atoms with Crippen LogP contribution in [0.3, 0.4) is 0 Å². The Morgan fingerprint density at radius 3 is 2.96 bits per heavy atom. The van der Waals surface area contributed by atoms with Crippen LogP contribution in [0, 0.1) is 0 Å². The van der Waals surface area contributed by atoms with Crippen molar-refractivity contribution in [3.8, 4) is 5.75 Å². The van der Waals surface area contributed by atoms with Crippen LogP contribution >= 0.6 is 11.8 Å². The zero-order valence-electron chi connectivity index (χ0n) is 13.6. The summed E-state index contributed by atoms with van der Waals surface area (Å²) in [4.78, 5) is 26.3. The fraction of sp³-hybridized carbons (Fsp3) is 0.167. The third-order valence-corrected chi connectivity index (χ3v) is 5.00. The first-order valence-corrected chi connectivity index (χ1v) is 8.84. The van der Waals surface area contributed by atoms with Crippen molar-refractivity contribution < 1.29 is 9.53 Å². The van der Waals surface area contributed by atoms with Gasteiger partial charge in [0.1, 0.15) is 11.4 Å². The molecule has 0 radical (unpaired) electrons. The minimum absolute atomic E-state index is 0.262. The summed E-state index contributed by atoms with van der Waals surface area (Å²) in [6.45, 7) is 0.818. The quantitative estimate of drug-likeness (QED) is 0.783. The Kier molecular flexibility index (Phi) is 4.15. The molecule has 1 N–H and O–H groups in total. The maximum absolute atomic E-state index is 12.7. The van der Waals surface area contributed by atoms with Crippen molar-refractivity contribution in [3.05, 3.63) is 54.4 Å². The Balaban J connectivity index is 1.63. The highest BCUT2D eigenvalue weighted by atomic mass is 32.2. The number of fused-ring (bicyclic) bond motifs is 1. The molecule has 2 aromatic heterocycles. The van der Waals surface area contributed by atoms with Gasteiger partial charge in [0, 0.05) is 35.8 Å². The summed E-state index contributed by atoms with van der Waals surface area (Å²) in [6.07, 6.45) is 3.36. The molecule has 1 aliphatic heterocycles. The van der Waals surface area contributed by atoms with E-state index in [9.17, 15) is 4.79 Å². The molecule has 126 valence electrons. The summed E-state index contributed by atoms with van der Waals surface area (Å²) in [7, 11) is 1.64. The number of carbonyl (C=O) groups excluding carboxylic acids is 1. The predicted octanol–water partition coefficient (Wildman–Crippen LogP) is 3.32. The van der Waals surface area contributed by atoms with Gasteiger partial charge in [0.15, 0.2) is 5.17 Å². The van der Waals surface area contributed by atoms with Crippen LogP contribution in [0.25, 0.3) is 11.0 Å². The summed E-state index contributed by atoms with van der Waals surface area (Å²) < 4.78 is 5.20. The van der Waals surface area contributed by atoms with Crippen LogP contribution in [-0.4, -0.2) is 40.5 Å². The van der Waals surface area contributed by atoms with Gasteiger partial charge >= 0.3 is 0 Å². The number of nitrogens with one attached hydrogen (secondary N) is 1. The number of aromatic amines is 1. The number of methoxy groups -OCH3 is 1. The van der Waals surface area contributed by atoms with Crippen molar-refractivity contribution in [2.45, 2.75) is 0 Å². The third-order valence-electron chi connectivity index (χ3n) is 4.04. The van der Waals surface area contributed by atoms with Gasteiger partial charge in [-0.05, 0) is 36.4 Å². The van der Waals surface area contributed by atoms with Gasteiger partial charge in [0.05, 0.1) is 12.7 Å². The number of amides is 1. The average molecular weight is 352 g/mol. The van der Waals surface area contributed by atoms with E-state index < -0.39 is 0 Å². The van der Waals surface area contributed by atoms with Gasteiger partial charge in [0.2, 0.25) is 0 Å². The highest BCUT2D eigenvalue weighted by Gasteiger charge is 2.23. The Morgan fingerprint density at radius 1 is 1.32 bits per heavy atom. The second kappa shape index (κ2) is 6.60. The highest BCUT2D eigenvalue weighted by Crippen LogP contribution is 2.28.